The van der Waals surface area contributed by atoms with E-state index in [1.807, 2.05) is 11.0 Å². The highest BCUT2D eigenvalue weighted by Gasteiger charge is 2.56. The average molecular weight is 340 g/mol. The molecule has 1 aliphatic heterocycles. The van der Waals surface area contributed by atoms with Crippen LogP contribution in [0.2, 0.25) is 0 Å². The van der Waals surface area contributed by atoms with Crippen LogP contribution in [0, 0.1) is 23.6 Å². The maximum absolute atomic E-state index is 13.6. The lowest BCUT2D eigenvalue weighted by Gasteiger charge is -2.26. The Hall–Kier alpha value is -2.17. The molecule has 4 nitrogen and oxygen atoms in total. The minimum atomic E-state index is -0.292. The van der Waals surface area contributed by atoms with E-state index < -0.39 is 0 Å². The lowest BCUT2D eigenvalue weighted by atomic mass is 10.0. The fraction of sp³-hybridized carbons (Fsp3) is 0.500. The third-order valence-electron chi connectivity index (χ3n) is 6.18. The summed E-state index contributed by atoms with van der Waals surface area (Å²) in [5, 5.41) is 4.16. The van der Waals surface area contributed by atoms with Gasteiger partial charge in [0.2, 0.25) is 5.91 Å². The van der Waals surface area contributed by atoms with Crippen molar-refractivity contribution in [1.82, 2.24) is 10.1 Å². The number of nitrogens with zero attached hydrogens (tertiary/aromatic N) is 2. The van der Waals surface area contributed by atoms with Gasteiger partial charge in [-0.1, -0.05) is 30.1 Å². The maximum atomic E-state index is 13.6. The van der Waals surface area contributed by atoms with Crippen molar-refractivity contribution in [2.75, 3.05) is 6.54 Å². The monoisotopic (exact) mass is 340 g/mol. The average Bonchev–Trinajstić information content (AvgIpc) is 3.21. The summed E-state index contributed by atoms with van der Waals surface area (Å²) in [6, 6.07) is 6.39. The summed E-state index contributed by atoms with van der Waals surface area (Å²) in [5.41, 5.74) is 2.31. The van der Waals surface area contributed by atoms with E-state index in [0.717, 1.165) is 11.3 Å². The van der Waals surface area contributed by atoms with Crippen LogP contribution in [0.5, 0.6) is 0 Å². The van der Waals surface area contributed by atoms with Crippen molar-refractivity contribution in [1.29, 1.82) is 0 Å². The zero-order chi connectivity index (χ0) is 17.0. The molecular formula is C20H21FN2O2. The van der Waals surface area contributed by atoms with Crippen LogP contribution < -0.4 is 0 Å². The summed E-state index contributed by atoms with van der Waals surface area (Å²) in [4.78, 5) is 14.9. The van der Waals surface area contributed by atoms with Crippen molar-refractivity contribution < 1.29 is 13.7 Å². The van der Waals surface area contributed by atoms with E-state index in [0.29, 0.717) is 48.5 Å². The normalized spacial score (nSPS) is 27.6. The Bertz CT molecular complexity index is 819. The Kier molecular flexibility index (Phi) is 3.43. The molecule has 3 aliphatic rings. The number of hydrogen-bond acceptors (Lipinski definition) is 3. The minimum absolute atomic E-state index is 0.238. The molecule has 0 saturated heterocycles. The SMILES string of the molecule is O=C(C1[C@H]2CCCC[C@H]12)N1CCc2onc(-c3cccc(F)c3)c2C1. The van der Waals surface area contributed by atoms with Crippen LogP contribution >= 0.6 is 0 Å². The highest BCUT2D eigenvalue weighted by Crippen LogP contribution is 2.56. The van der Waals surface area contributed by atoms with Gasteiger partial charge >= 0.3 is 0 Å². The van der Waals surface area contributed by atoms with Crippen LogP contribution in [0.4, 0.5) is 4.39 Å². The molecule has 5 rings (SSSR count). The third-order valence-corrected chi connectivity index (χ3v) is 6.18. The number of fused-ring (bicyclic) bond motifs is 2. The summed E-state index contributed by atoms with van der Waals surface area (Å²) in [6.45, 7) is 1.22. The second-order valence-corrected chi connectivity index (χ2v) is 7.59. The van der Waals surface area contributed by atoms with Gasteiger partial charge in [0.25, 0.3) is 0 Å². The number of aromatic nitrogens is 1. The molecule has 0 N–H and O–H groups in total. The summed E-state index contributed by atoms with van der Waals surface area (Å²) in [5.74, 6) is 2.31. The van der Waals surface area contributed by atoms with Gasteiger partial charge in [0.15, 0.2) is 0 Å². The molecule has 0 radical (unpaired) electrons. The highest BCUT2D eigenvalue weighted by atomic mass is 19.1. The van der Waals surface area contributed by atoms with Gasteiger partial charge in [0, 0.05) is 30.0 Å². The zero-order valence-corrected chi connectivity index (χ0v) is 14.1. The fourth-order valence-electron chi connectivity index (χ4n) is 4.83. The Morgan fingerprint density at radius 2 is 2.04 bits per heavy atom. The molecule has 2 atom stereocenters. The maximum Gasteiger partial charge on any atom is 0.226 e. The predicted molar refractivity (Wildman–Crippen MR) is 90.0 cm³/mol. The van der Waals surface area contributed by atoms with Gasteiger partial charge in [-0.25, -0.2) is 4.39 Å². The standard InChI is InChI=1S/C20H21FN2O2/c21-13-5-3-4-12(10-13)19-16-11-23(9-8-17(16)25-22-19)20(24)18-14-6-1-2-7-15(14)18/h3-5,10,14-15,18H,1-2,6-9,11H2/t14-,15-/m0/s1. The Morgan fingerprint density at radius 3 is 2.80 bits per heavy atom. The van der Waals surface area contributed by atoms with Crippen molar-refractivity contribution in [3.05, 3.63) is 41.4 Å². The number of benzene rings is 1. The molecule has 2 heterocycles. The van der Waals surface area contributed by atoms with Gasteiger partial charge in [-0.3, -0.25) is 4.79 Å². The predicted octanol–water partition coefficient (Wildman–Crippen LogP) is 3.80. The fourth-order valence-corrected chi connectivity index (χ4v) is 4.83. The van der Waals surface area contributed by atoms with Crippen LogP contribution in [-0.4, -0.2) is 22.5 Å². The number of hydrogen-bond donors (Lipinski definition) is 0. The summed E-state index contributed by atoms with van der Waals surface area (Å²) in [7, 11) is 0. The van der Waals surface area contributed by atoms with Crippen molar-refractivity contribution in [2.45, 2.75) is 38.6 Å². The topological polar surface area (TPSA) is 46.3 Å². The minimum Gasteiger partial charge on any atom is -0.360 e. The number of rotatable bonds is 2. The van der Waals surface area contributed by atoms with Crippen LogP contribution in [0.1, 0.15) is 37.0 Å². The van der Waals surface area contributed by atoms with Crippen LogP contribution in [0.15, 0.2) is 28.8 Å². The van der Waals surface area contributed by atoms with Crippen molar-refractivity contribution in [3.63, 3.8) is 0 Å². The summed E-state index contributed by atoms with van der Waals surface area (Å²) >= 11 is 0. The second kappa shape index (κ2) is 5.68. The van der Waals surface area contributed by atoms with E-state index in [4.69, 9.17) is 4.52 Å². The Labute approximate surface area is 146 Å². The molecule has 2 aliphatic carbocycles. The van der Waals surface area contributed by atoms with Crippen molar-refractivity contribution in [3.8, 4) is 11.3 Å². The molecule has 1 aromatic heterocycles. The van der Waals surface area contributed by atoms with Gasteiger partial charge < -0.3 is 9.42 Å². The first-order valence-electron chi connectivity index (χ1n) is 9.24. The Morgan fingerprint density at radius 1 is 1.24 bits per heavy atom. The third kappa shape index (κ3) is 2.48. The zero-order valence-electron chi connectivity index (χ0n) is 14.1. The molecule has 1 amide bonds. The number of amides is 1. The second-order valence-electron chi connectivity index (χ2n) is 7.59. The van der Waals surface area contributed by atoms with Crippen molar-refractivity contribution >= 4 is 5.91 Å². The molecule has 1 aromatic carbocycles. The van der Waals surface area contributed by atoms with Gasteiger partial charge in [0.05, 0.1) is 6.54 Å². The Balaban J connectivity index is 1.39. The van der Waals surface area contributed by atoms with E-state index in [1.54, 1.807) is 6.07 Å². The van der Waals surface area contributed by atoms with E-state index in [-0.39, 0.29) is 11.7 Å². The molecule has 0 bridgehead atoms. The van der Waals surface area contributed by atoms with Gasteiger partial charge in [-0.2, -0.15) is 0 Å². The van der Waals surface area contributed by atoms with Crippen LogP contribution in [-0.2, 0) is 17.8 Å². The number of halogens is 1. The van der Waals surface area contributed by atoms with Gasteiger partial charge in [0.1, 0.15) is 17.3 Å². The van der Waals surface area contributed by atoms with E-state index >= 15 is 0 Å². The molecule has 2 saturated carbocycles. The van der Waals surface area contributed by atoms with E-state index in [1.165, 1.54) is 37.8 Å². The van der Waals surface area contributed by atoms with Crippen LogP contribution in [0.3, 0.4) is 0 Å². The molecular weight excluding hydrogens is 319 g/mol. The first kappa shape index (κ1) is 15.1. The smallest absolute Gasteiger partial charge is 0.226 e. The lowest BCUT2D eigenvalue weighted by Crippen LogP contribution is -2.37. The largest absolute Gasteiger partial charge is 0.360 e. The molecule has 130 valence electrons. The molecule has 25 heavy (non-hydrogen) atoms. The summed E-state index contributed by atoms with van der Waals surface area (Å²) < 4.78 is 19.0. The van der Waals surface area contributed by atoms with Crippen molar-refractivity contribution in [2.24, 2.45) is 17.8 Å². The van der Waals surface area contributed by atoms with E-state index in [2.05, 4.69) is 5.16 Å². The molecule has 0 unspecified atom stereocenters. The first-order valence-corrected chi connectivity index (χ1v) is 9.24. The quantitative estimate of drug-likeness (QED) is 0.835. The molecule has 2 aromatic rings. The van der Waals surface area contributed by atoms with E-state index in [9.17, 15) is 9.18 Å². The van der Waals surface area contributed by atoms with Gasteiger partial charge in [-0.15, -0.1) is 0 Å². The van der Waals surface area contributed by atoms with Crippen LogP contribution in [0.25, 0.3) is 11.3 Å². The highest BCUT2D eigenvalue weighted by molar-refractivity contribution is 5.83. The summed E-state index contributed by atoms with van der Waals surface area (Å²) in [6.07, 6.45) is 5.64. The number of carbonyl (C=O) groups excluding carboxylic acids is 1. The molecule has 5 heteroatoms. The lowest BCUT2D eigenvalue weighted by molar-refractivity contribution is -0.134. The molecule has 0 spiro atoms. The first-order chi connectivity index (χ1) is 12.2. The molecule has 2 fully saturated rings. The van der Waals surface area contributed by atoms with Gasteiger partial charge in [-0.05, 0) is 36.8 Å². The number of carbonyl (C=O) groups is 1.